The van der Waals surface area contributed by atoms with E-state index in [1.54, 1.807) is 28.5 Å². The third-order valence-corrected chi connectivity index (χ3v) is 4.92. The number of carbonyl (C=O) groups is 2. The van der Waals surface area contributed by atoms with Gasteiger partial charge in [-0.2, -0.15) is 11.3 Å². The molecule has 0 atom stereocenters. The van der Waals surface area contributed by atoms with Crippen molar-refractivity contribution in [3.8, 4) is 0 Å². The first-order valence-corrected chi connectivity index (χ1v) is 9.17. The highest BCUT2D eigenvalue weighted by atomic mass is 32.1. The molecule has 1 aromatic carbocycles. The summed E-state index contributed by atoms with van der Waals surface area (Å²) < 4.78 is 13.8. The van der Waals surface area contributed by atoms with Gasteiger partial charge in [-0.05, 0) is 23.6 Å². The second-order valence-corrected chi connectivity index (χ2v) is 6.62. The largest absolute Gasteiger partial charge is 0.366 e. The predicted octanol–water partition coefficient (Wildman–Crippen LogP) is 2.36. The number of thiophene rings is 1. The molecule has 1 aliphatic rings. The van der Waals surface area contributed by atoms with Gasteiger partial charge in [0.25, 0.3) is 5.91 Å². The average molecular weight is 361 g/mol. The number of carbonyl (C=O) groups excluding carboxylic acids is 2. The molecule has 0 aliphatic carbocycles. The second-order valence-electron chi connectivity index (χ2n) is 5.84. The minimum atomic E-state index is -0.238. The van der Waals surface area contributed by atoms with Crippen molar-refractivity contribution < 1.29 is 14.0 Å². The predicted molar refractivity (Wildman–Crippen MR) is 96.5 cm³/mol. The van der Waals surface area contributed by atoms with Crippen LogP contribution in [0.1, 0.15) is 16.8 Å². The van der Waals surface area contributed by atoms with Gasteiger partial charge in [0.15, 0.2) is 0 Å². The molecule has 132 valence electrons. The lowest BCUT2D eigenvalue weighted by Gasteiger charge is -2.36. The maximum absolute atomic E-state index is 13.8. The van der Waals surface area contributed by atoms with E-state index in [-0.39, 0.29) is 24.1 Å². The summed E-state index contributed by atoms with van der Waals surface area (Å²) in [5, 5.41) is 6.38. The molecule has 0 saturated carbocycles. The van der Waals surface area contributed by atoms with Crippen molar-refractivity contribution in [2.24, 2.45) is 0 Å². The quantitative estimate of drug-likeness (QED) is 0.890. The minimum absolute atomic E-state index is 0.0128. The van der Waals surface area contributed by atoms with Gasteiger partial charge >= 0.3 is 0 Å². The van der Waals surface area contributed by atoms with E-state index in [1.807, 2.05) is 16.3 Å². The Morgan fingerprint density at radius 1 is 1.12 bits per heavy atom. The number of halogens is 1. The van der Waals surface area contributed by atoms with E-state index in [1.165, 1.54) is 17.4 Å². The zero-order chi connectivity index (χ0) is 17.6. The zero-order valence-corrected chi connectivity index (χ0v) is 14.6. The van der Waals surface area contributed by atoms with Crippen LogP contribution < -0.4 is 10.2 Å². The number of piperazine rings is 1. The van der Waals surface area contributed by atoms with Crippen LogP contribution in [-0.2, 0) is 4.79 Å². The molecule has 1 aromatic heterocycles. The van der Waals surface area contributed by atoms with E-state index >= 15 is 0 Å². The summed E-state index contributed by atoms with van der Waals surface area (Å²) in [7, 11) is 0. The van der Waals surface area contributed by atoms with Gasteiger partial charge < -0.3 is 15.1 Å². The zero-order valence-electron chi connectivity index (χ0n) is 13.8. The Hall–Kier alpha value is -2.41. The second kappa shape index (κ2) is 8.11. The average Bonchev–Trinajstić information content (AvgIpc) is 3.17. The number of rotatable bonds is 5. The number of anilines is 1. The van der Waals surface area contributed by atoms with E-state index in [0.29, 0.717) is 44.0 Å². The van der Waals surface area contributed by atoms with Gasteiger partial charge in [-0.3, -0.25) is 9.59 Å². The molecule has 2 amide bonds. The Balaban J connectivity index is 1.42. The van der Waals surface area contributed by atoms with E-state index in [2.05, 4.69) is 5.32 Å². The first-order valence-electron chi connectivity index (χ1n) is 8.23. The number of hydrogen-bond acceptors (Lipinski definition) is 4. The molecule has 0 radical (unpaired) electrons. The van der Waals surface area contributed by atoms with Crippen LogP contribution in [0.25, 0.3) is 0 Å². The van der Waals surface area contributed by atoms with Crippen LogP contribution in [0.5, 0.6) is 0 Å². The number of hydrogen-bond donors (Lipinski definition) is 1. The Kier molecular flexibility index (Phi) is 5.65. The molecule has 1 N–H and O–H groups in total. The number of nitrogens with one attached hydrogen (secondary N) is 1. The van der Waals surface area contributed by atoms with Crippen molar-refractivity contribution in [1.82, 2.24) is 10.2 Å². The van der Waals surface area contributed by atoms with Crippen molar-refractivity contribution in [2.75, 3.05) is 37.6 Å². The molecule has 1 aliphatic heterocycles. The fourth-order valence-corrected chi connectivity index (χ4v) is 3.48. The topological polar surface area (TPSA) is 52.7 Å². The van der Waals surface area contributed by atoms with Crippen molar-refractivity contribution in [1.29, 1.82) is 0 Å². The normalized spacial score (nSPS) is 14.4. The number of benzene rings is 1. The Bertz CT molecular complexity index is 728. The highest BCUT2D eigenvalue weighted by Gasteiger charge is 2.22. The molecular formula is C18H20FN3O2S. The van der Waals surface area contributed by atoms with Gasteiger partial charge in [-0.15, -0.1) is 0 Å². The highest BCUT2D eigenvalue weighted by molar-refractivity contribution is 7.08. The van der Waals surface area contributed by atoms with Crippen molar-refractivity contribution in [3.63, 3.8) is 0 Å². The fourth-order valence-electron chi connectivity index (χ4n) is 2.84. The van der Waals surface area contributed by atoms with Gasteiger partial charge in [0.05, 0.1) is 5.69 Å². The Morgan fingerprint density at radius 3 is 2.56 bits per heavy atom. The first-order chi connectivity index (χ1) is 12.1. The monoisotopic (exact) mass is 361 g/mol. The molecule has 1 saturated heterocycles. The van der Waals surface area contributed by atoms with Crippen LogP contribution in [0.4, 0.5) is 10.1 Å². The summed E-state index contributed by atoms with van der Waals surface area (Å²) in [4.78, 5) is 27.8. The van der Waals surface area contributed by atoms with E-state index in [9.17, 15) is 14.0 Å². The fraction of sp³-hybridized carbons (Fsp3) is 0.333. The molecule has 2 heterocycles. The van der Waals surface area contributed by atoms with Crippen molar-refractivity contribution in [2.45, 2.75) is 6.42 Å². The maximum Gasteiger partial charge on any atom is 0.252 e. The number of nitrogens with zero attached hydrogens (tertiary/aromatic N) is 2. The van der Waals surface area contributed by atoms with Crippen molar-refractivity contribution in [3.05, 3.63) is 52.5 Å². The van der Waals surface area contributed by atoms with Crippen LogP contribution in [0.15, 0.2) is 41.1 Å². The maximum atomic E-state index is 13.8. The van der Waals surface area contributed by atoms with E-state index in [4.69, 9.17) is 0 Å². The summed E-state index contributed by atoms with van der Waals surface area (Å²) in [6, 6.07) is 8.44. The summed E-state index contributed by atoms with van der Waals surface area (Å²) in [6.07, 6.45) is 0.273. The highest BCUT2D eigenvalue weighted by Crippen LogP contribution is 2.20. The molecule has 5 nitrogen and oxygen atoms in total. The minimum Gasteiger partial charge on any atom is -0.366 e. The van der Waals surface area contributed by atoms with Crippen molar-refractivity contribution >= 4 is 28.8 Å². The smallest absolute Gasteiger partial charge is 0.252 e. The molecule has 2 aromatic rings. The molecule has 0 unspecified atom stereocenters. The lowest BCUT2D eigenvalue weighted by Crippen LogP contribution is -2.49. The SMILES string of the molecule is O=C(NCCC(=O)N1CCN(c2ccccc2F)CC1)c1ccsc1. The third kappa shape index (κ3) is 4.36. The lowest BCUT2D eigenvalue weighted by atomic mass is 10.2. The first kappa shape index (κ1) is 17.4. The van der Waals surface area contributed by atoms with E-state index < -0.39 is 0 Å². The van der Waals surface area contributed by atoms with Gasteiger partial charge in [-0.25, -0.2) is 4.39 Å². The van der Waals surface area contributed by atoms with Crippen LogP contribution in [0.2, 0.25) is 0 Å². The standard InChI is InChI=1S/C18H20FN3O2S/c19-15-3-1-2-4-16(15)21-8-10-22(11-9-21)17(23)5-7-20-18(24)14-6-12-25-13-14/h1-4,6,12-13H,5,7-11H2,(H,20,24). The van der Waals surface area contributed by atoms with Gasteiger partial charge in [0.2, 0.25) is 5.91 Å². The molecule has 1 fully saturated rings. The van der Waals surface area contributed by atoms with Gasteiger partial charge in [0.1, 0.15) is 5.82 Å². The van der Waals surface area contributed by atoms with Crippen LogP contribution in [0, 0.1) is 5.82 Å². The number of para-hydroxylation sites is 1. The van der Waals surface area contributed by atoms with E-state index in [0.717, 1.165) is 0 Å². The molecule has 7 heteroatoms. The molecule has 25 heavy (non-hydrogen) atoms. The molecular weight excluding hydrogens is 341 g/mol. The molecule has 0 spiro atoms. The van der Waals surface area contributed by atoms with Gasteiger partial charge in [0, 0.05) is 50.1 Å². The Morgan fingerprint density at radius 2 is 1.88 bits per heavy atom. The summed E-state index contributed by atoms with van der Waals surface area (Å²) in [5.74, 6) is -0.379. The van der Waals surface area contributed by atoms with Crippen LogP contribution in [-0.4, -0.2) is 49.4 Å². The summed E-state index contributed by atoms with van der Waals surface area (Å²) in [5.41, 5.74) is 1.20. The van der Waals surface area contributed by atoms with Crippen LogP contribution in [0.3, 0.4) is 0 Å². The summed E-state index contributed by atoms with van der Waals surface area (Å²) in [6.45, 7) is 2.65. The Labute approximate surface area is 150 Å². The third-order valence-electron chi connectivity index (χ3n) is 4.23. The summed E-state index contributed by atoms with van der Waals surface area (Å²) >= 11 is 1.46. The molecule has 3 rings (SSSR count). The molecule has 0 bridgehead atoms. The van der Waals surface area contributed by atoms with Crippen LogP contribution >= 0.6 is 11.3 Å². The van der Waals surface area contributed by atoms with Gasteiger partial charge in [-0.1, -0.05) is 12.1 Å². The lowest BCUT2D eigenvalue weighted by molar-refractivity contribution is -0.131. The number of amides is 2.